The summed E-state index contributed by atoms with van der Waals surface area (Å²) in [7, 11) is -0.393. The summed E-state index contributed by atoms with van der Waals surface area (Å²) in [6.07, 6.45) is 5.23. The minimum Gasteiger partial charge on any atom is -0.0622 e. The molecule has 1 aliphatic carbocycles. The number of hydrogen-bond donors (Lipinski definition) is 0. The molecule has 3 radical (unpaired) electrons. The lowest BCUT2D eigenvalue weighted by Crippen LogP contribution is -2.20. The molecule has 0 saturated carbocycles. The SMILES string of the molecule is CC(C)(C)C1=C(P(c2ccccc2)c2ccccc2)CCCC1.[B]. The summed E-state index contributed by atoms with van der Waals surface area (Å²) in [5.74, 6) is 0. The van der Waals surface area contributed by atoms with E-state index in [4.69, 9.17) is 0 Å². The van der Waals surface area contributed by atoms with Crippen LogP contribution in [0.2, 0.25) is 0 Å². The van der Waals surface area contributed by atoms with Crippen LogP contribution in [0.3, 0.4) is 0 Å². The standard InChI is InChI=1S/C22H27P.B/c1-22(2,3)20-16-10-11-17-21(20)23(18-12-6-4-7-13-18)19-14-8-5-9-15-19;/h4-9,12-15H,10-11,16-17H2,1-3H3;. The van der Waals surface area contributed by atoms with Crippen molar-refractivity contribution in [1.29, 1.82) is 0 Å². The zero-order valence-corrected chi connectivity index (χ0v) is 16.0. The van der Waals surface area contributed by atoms with Crippen LogP contribution in [0.1, 0.15) is 46.5 Å². The maximum Gasteiger partial charge on any atom is 0 e. The first-order valence-electron chi connectivity index (χ1n) is 8.70. The van der Waals surface area contributed by atoms with Gasteiger partial charge in [0.05, 0.1) is 0 Å². The molecule has 0 saturated heterocycles. The van der Waals surface area contributed by atoms with Gasteiger partial charge in [-0.05, 0) is 54.9 Å². The molecule has 0 aliphatic heterocycles. The zero-order valence-electron chi connectivity index (χ0n) is 15.1. The fourth-order valence-electron chi connectivity index (χ4n) is 3.56. The fraction of sp³-hybridized carbons (Fsp3) is 0.364. The molecule has 0 amide bonds. The lowest BCUT2D eigenvalue weighted by molar-refractivity contribution is 0.457. The fourth-order valence-corrected chi connectivity index (χ4v) is 6.52. The summed E-state index contributed by atoms with van der Waals surface area (Å²) in [5, 5.41) is 4.72. The molecule has 2 aromatic carbocycles. The summed E-state index contributed by atoms with van der Waals surface area (Å²) in [4.78, 5) is 0. The highest BCUT2D eigenvalue weighted by molar-refractivity contribution is 7.76. The van der Waals surface area contributed by atoms with Crippen LogP contribution in [-0.4, -0.2) is 8.41 Å². The van der Waals surface area contributed by atoms with Gasteiger partial charge in [-0.25, -0.2) is 0 Å². The Hall–Kier alpha value is -1.33. The lowest BCUT2D eigenvalue weighted by atomic mass is 9.80. The molecule has 0 unspecified atom stereocenters. The zero-order chi connectivity index (χ0) is 16.3. The Morgan fingerprint density at radius 2 is 1.17 bits per heavy atom. The van der Waals surface area contributed by atoms with Crippen molar-refractivity contribution in [2.75, 3.05) is 0 Å². The molecule has 0 nitrogen and oxygen atoms in total. The Kier molecular flexibility index (Phi) is 6.47. The van der Waals surface area contributed by atoms with E-state index in [2.05, 4.69) is 81.4 Å². The monoisotopic (exact) mass is 333 g/mol. The number of hydrogen-bond acceptors (Lipinski definition) is 0. The van der Waals surface area contributed by atoms with Gasteiger partial charge in [-0.2, -0.15) is 0 Å². The molecule has 0 aromatic heterocycles. The van der Waals surface area contributed by atoms with Crippen LogP contribution < -0.4 is 10.6 Å². The van der Waals surface area contributed by atoms with E-state index >= 15 is 0 Å². The van der Waals surface area contributed by atoms with Crippen LogP contribution in [0.4, 0.5) is 0 Å². The minimum absolute atomic E-state index is 0. The molecule has 0 N–H and O–H groups in total. The average Bonchev–Trinajstić information content (AvgIpc) is 2.57. The van der Waals surface area contributed by atoms with E-state index in [9.17, 15) is 0 Å². The molecule has 0 bridgehead atoms. The van der Waals surface area contributed by atoms with Crippen LogP contribution >= 0.6 is 7.92 Å². The van der Waals surface area contributed by atoms with Crippen LogP contribution in [0.5, 0.6) is 0 Å². The first-order chi connectivity index (χ1) is 11.1. The molecular weight excluding hydrogens is 306 g/mol. The molecular formula is C22H27BP. The van der Waals surface area contributed by atoms with E-state index in [1.165, 1.54) is 36.3 Å². The van der Waals surface area contributed by atoms with Gasteiger partial charge < -0.3 is 0 Å². The average molecular weight is 333 g/mol. The van der Waals surface area contributed by atoms with Crippen molar-refractivity contribution in [1.82, 2.24) is 0 Å². The van der Waals surface area contributed by atoms with Crippen LogP contribution in [0.25, 0.3) is 0 Å². The predicted molar refractivity (Wildman–Crippen MR) is 110 cm³/mol. The Labute approximate surface area is 150 Å². The van der Waals surface area contributed by atoms with Crippen LogP contribution in [0.15, 0.2) is 71.6 Å². The Morgan fingerprint density at radius 3 is 1.62 bits per heavy atom. The second-order valence-corrected chi connectivity index (χ2v) is 9.63. The highest BCUT2D eigenvalue weighted by Crippen LogP contribution is 2.53. The molecule has 2 heteroatoms. The van der Waals surface area contributed by atoms with Crippen molar-refractivity contribution >= 4 is 26.9 Å². The molecule has 0 fully saturated rings. The first-order valence-corrected chi connectivity index (χ1v) is 10.0. The lowest BCUT2D eigenvalue weighted by Gasteiger charge is -2.35. The molecule has 1 aliphatic rings. The van der Waals surface area contributed by atoms with E-state index in [-0.39, 0.29) is 13.8 Å². The Morgan fingerprint density at radius 1 is 0.708 bits per heavy atom. The highest BCUT2D eigenvalue weighted by atomic mass is 31.1. The Balaban J connectivity index is 0.00000208. The van der Waals surface area contributed by atoms with Crippen LogP contribution in [0, 0.1) is 5.41 Å². The quantitative estimate of drug-likeness (QED) is 0.506. The van der Waals surface area contributed by atoms with Gasteiger partial charge in [-0.15, -0.1) is 0 Å². The third kappa shape index (κ3) is 4.20. The van der Waals surface area contributed by atoms with Crippen molar-refractivity contribution in [3.05, 3.63) is 71.6 Å². The van der Waals surface area contributed by atoms with Gasteiger partial charge in [0.2, 0.25) is 0 Å². The maximum atomic E-state index is 2.39. The minimum atomic E-state index is -0.393. The summed E-state index contributed by atoms with van der Waals surface area (Å²) in [6, 6.07) is 22.3. The van der Waals surface area contributed by atoms with Crippen molar-refractivity contribution in [3.63, 3.8) is 0 Å². The third-order valence-corrected chi connectivity index (χ3v) is 7.31. The van der Waals surface area contributed by atoms with Gasteiger partial charge in [0.1, 0.15) is 0 Å². The van der Waals surface area contributed by atoms with Crippen molar-refractivity contribution in [3.8, 4) is 0 Å². The largest absolute Gasteiger partial charge is 0.0622 e. The maximum absolute atomic E-state index is 2.39. The van der Waals surface area contributed by atoms with Gasteiger partial charge in [0, 0.05) is 8.41 Å². The van der Waals surface area contributed by atoms with Crippen molar-refractivity contribution in [2.24, 2.45) is 5.41 Å². The summed E-state index contributed by atoms with van der Waals surface area (Å²) in [5.41, 5.74) is 1.99. The highest BCUT2D eigenvalue weighted by Gasteiger charge is 2.29. The Bertz CT molecular complexity index is 629. The van der Waals surface area contributed by atoms with E-state index in [0.717, 1.165) is 0 Å². The molecule has 0 spiro atoms. The van der Waals surface area contributed by atoms with E-state index < -0.39 is 7.92 Å². The molecule has 123 valence electrons. The third-order valence-electron chi connectivity index (χ3n) is 4.64. The second-order valence-electron chi connectivity index (χ2n) is 7.39. The normalized spacial score (nSPS) is 15.3. The smallest absolute Gasteiger partial charge is 0 e. The number of benzene rings is 2. The van der Waals surface area contributed by atoms with Crippen LogP contribution in [-0.2, 0) is 0 Å². The van der Waals surface area contributed by atoms with Gasteiger partial charge in [0.15, 0.2) is 0 Å². The topological polar surface area (TPSA) is 0 Å². The molecule has 3 rings (SSSR count). The summed E-state index contributed by atoms with van der Waals surface area (Å²) >= 11 is 0. The second kappa shape index (κ2) is 8.17. The van der Waals surface area contributed by atoms with Crippen molar-refractivity contribution < 1.29 is 0 Å². The van der Waals surface area contributed by atoms with Gasteiger partial charge >= 0.3 is 0 Å². The van der Waals surface area contributed by atoms with E-state index in [0.29, 0.717) is 0 Å². The van der Waals surface area contributed by atoms with Gasteiger partial charge in [0.25, 0.3) is 0 Å². The first kappa shape index (κ1) is 19.0. The molecule has 0 heterocycles. The van der Waals surface area contributed by atoms with E-state index in [1.54, 1.807) is 10.9 Å². The van der Waals surface area contributed by atoms with Gasteiger partial charge in [-0.1, -0.05) is 87.0 Å². The van der Waals surface area contributed by atoms with E-state index in [1.807, 2.05) is 0 Å². The van der Waals surface area contributed by atoms with Crippen molar-refractivity contribution in [2.45, 2.75) is 46.5 Å². The molecule has 2 aromatic rings. The molecule has 24 heavy (non-hydrogen) atoms. The summed E-state index contributed by atoms with van der Waals surface area (Å²) < 4.78 is 0. The molecule has 0 atom stereocenters. The summed E-state index contributed by atoms with van der Waals surface area (Å²) in [6.45, 7) is 7.16. The number of rotatable bonds is 3. The van der Waals surface area contributed by atoms with Gasteiger partial charge in [-0.3, -0.25) is 0 Å². The predicted octanol–water partition coefficient (Wildman–Crippen LogP) is 5.61. The number of allylic oxidation sites excluding steroid dienone is 2.